The quantitative estimate of drug-likeness (QED) is 0.487. The fraction of sp³-hybridized carbons (Fsp3) is 0.238. The van der Waals surface area contributed by atoms with Crippen molar-refractivity contribution in [3.05, 3.63) is 59.4 Å². The third-order valence-corrected chi connectivity index (χ3v) is 4.97. The summed E-state index contributed by atoms with van der Waals surface area (Å²) in [5, 5.41) is 16.6. The first-order valence-corrected chi connectivity index (χ1v) is 8.97. The summed E-state index contributed by atoms with van der Waals surface area (Å²) >= 11 is 0. The molecule has 2 N–H and O–H groups in total. The minimum absolute atomic E-state index is 0.0283. The van der Waals surface area contributed by atoms with Gasteiger partial charge in [0.15, 0.2) is 0 Å². The van der Waals surface area contributed by atoms with Crippen LogP contribution in [0.2, 0.25) is 0 Å². The maximum atomic E-state index is 14.2. The number of carboxylic acid groups (broad SMARTS) is 1. The number of carboxylic acids is 1. The van der Waals surface area contributed by atoms with Crippen LogP contribution in [0.1, 0.15) is 24.3 Å². The molecule has 0 radical (unpaired) electrons. The highest BCUT2D eigenvalue weighted by Gasteiger charge is 2.38. The van der Waals surface area contributed by atoms with Gasteiger partial charge in [-0.2, -0.15) is 18.4 Å². The Kier molecular flexibility index (Phi) is 5.97. The van der Waals surface area contributed by atoms with E-state index < -0.39 is 23.8 Å². The Balaban J connectivity index is 0.000000339. The Bertz CT molecular complexity index is 1160. The van der Waals surface area contributed by atoms with E-state index in [0.29, 0.717) is 29.5 Å². The molecule has 31 heavy (non-hydrogen) atoms. The van der Waals surface area contributed by atoms with Crippen LogP contribution in [0.25, 0.3) is 22.2 Å². The van der Waals surface area contributed by atoms with Crippen LogP contribution in [0.15, 0.2) is 36.4 Å². The van der Waals surface area contributed by atoms with Gasteiger partial charge in [-0.05, 0) is 60.2 Å². The molecule has 4 rings (SSSR count). The summed E-state index contributed by atoms with van der Waals surface area (Å²) < 4.78 is 72.8. The minimum Gasteiger partial charge on any atom is -0.475 e. The number of hydrogen-bond donors (Lipinski definition) is 2. The molecule has 4 nitrogen and oxygen atoms in total. The largest absolute Gasteiger partial charge is 0.490 e. The van der Waals surface area contributed by atoms with Crippen LogP contribution < -0.4 is 0 Å². The average Bonchev–Trinajstić information content (AvgIpc) is 3.01. The summed E-state index contributed by atoms with van der Waals surface area (Å²) in [6.07, 6.45) is -3.76. The molecule has 1 aromatic heterocycles. The minimum atomic E-state index is -5.08. The van der Waals surface area contributed by atoms with Crippen LogP contribution in [0, 0.1) is 34.7 Å². The number of aliphatic carboxylic acids is 1. The Labute approximate surface area is 171 Å². The van der Waals surface area contributed by atoms with Crippen molar-refractivity contribution in [2.24, 2.45) is 5.92 Å². The smallest absolute Gasteiger partial charge is 0.475 e. The van der Waals surface area contributed by atoms with Crippen LogP contribution in [0.3, 0.4) is 0 Å². The van der Waals surface area contributed by atoms with Gasteiger partial charge in [0.05, 0.1) is 17.3 Å². The lowest BCUT2D eigenvalue weighted by Gasteiger charge is -2.31. The average molecular weight is 440 g/mol. The highest BCUT2D eigenvalue weighted by atomic mass is 19.4. The maximum absolute atomic E-state index is 14.2. The second kappa shape index (κ2) is 8.34. The van der Waals surface area contributed by atoms with Crippen molar-refractivity contribution in [2.45, 2.75) is 24.9 Å². The normalized spacial score (nSPS) is 18.0. The van der Waals surface area contributed by atoms with E-state index in [9.17, 15) is 26.3 Å². The van der Waals surface area contributed by atoms with Gasteiger partial charge in [-0.15, -0.1) is 0 Å². The predicted octanol–water partition coefficient (Wildman–Crippen LogP) is 5.90. The Morgan fingerprint density at radius 2 is 1.65 bits per heavy atom. The Hall–Kier alpha value is -3.48. The van der Waals surface area contributed by atoms with Gasteiger partial charge >= 0.3 is 12.1 Å². The molecule has 0 spiro atoms. The van der Waals surface area contributed by atoms with Crippen molar-refractivity contribution in [3.63, 3.8) is 0 Å². The zero-order chi connectivity index (χ0) is 22.9. The van der Waals surface area contributed by atoms with Gasteiger partial charge in [-0.1, -0.05) is 0 Å². The molecule has 2 aromatic carbocycles. The highest BCUT2D eigenvalue weighted by Crippen LogP contribution is 2.48. The number of hydrogen-bond acceptors (Lipinski definition) is 2. The lowest BCUT2D eigenvalue weighted by Crippen LogP contribution is -2.21. The van der Waals surface area contributed by atoms with Crippen LogP contribution >= 0.6 is 0 Å². The van der Waals surface area contributed by atoms with E-state index >= 15 is 0 Å². The Morgan fingerprint density at radius 1 is 1.06 bits per heavy atom. The second-order valence-corrected chi connectivity index (χ2v) is 7.03. The summed E-state index contributed by atoms with van der Waals surface area (Å²) in [4.78, 5) is 11.9. The molecule has 1 aliphatic carbocycles. The van der Waals surface area contributed by atoms with E-state index in [1.807, 2.05) is 0 Å². The van der Waals surface area contributed by atoms with Gasteiger partial charge in [0, 0.05) is 17.4 Å². The third-order valence-electron chi connectivity index (χ3n) is 4.97. The van der Waals surface area contributed by atoms with Crippen molar-refractivity contribution in [1.29, 1.82) is 5.26 Å². The maximum Gasteiger partial charge on any atom is 0.490 e. The number of halogens is 6. The molecular formula is C21H14F6N2O2. The molecule has 162 valence electrons. The number of alkyl halides is 3. The van der Waals surface area contributed by atoms with Gasteiger partial charge in [0.25, 0.3) is 0 Å². The molecule has 0 saturated heterocycles. The fourth-order valence-electron chi connectivity index (χ4n) is 3.47. The molecule has 0 atom stereocenters. The molecule has 1 aliphatic rings. The molecule has 0 bridgehead atoms. The number of nitriles is 1. The molecular weight excluding hydrogens is 426 g/mol. The van der Waals surface area contributed by atoms with E-state index in [0.717, 1.165) is 11.6 Å². The third kappa shape index (κ3) is 4.66. The van der Waals surface area contributed by atoms with Gasteiger partial charge in [-0.25, -0.2) is 18.0 Å². The fourth-order valence-corrected chi connectivity index (χ4v) is 3.47. The van der Waals surface area contributed by atoms with Crippen molar-refractivity contribution in [2.75, 3.05) is 0 Å². The monoisotopic (exact) mass is 440 g/mol. The molecule has 1 fully saturated rings. The van der Waals surface area contributed by atoms with Crippen molar-refractivity contribution < 1.29 is 36.2 Å². The SMILES string of the molecule is N#CC1CC(c2c(-c3ccc(F)cc3)[nH]c3c(F)cc(F)cc23)C1.O=C(O)C(F)(F)F. The number of fused-ring (bicyclic) bond motifs is 1. The number of nitrogens with zero attached hydrogens (tertiary/aromatic N) is 1. The molecule has 1 heterocycles. The van der Waals surface area contributed by atoms with E-state index in [2.05, 4.69) is 11.1 Å². The zero-order valence-corrected chi connectivity index (χ0v) is 15.6. The lowest BCUT2D eigenvalue weighted by molar-refractivity contribution is -0.192. The Morgan fingerprint density at radius 3 is 2.16 bits per heavy atom. The number of benzene rings is 2. The van der Waals surface area contributed by atoms with Crippen molar-refractivity contribution in [1.82, 2.24) is 4.98 Å². The van der Waals surface area contributed by atoms with E-state index in [1.54, 1.807) is 12.1 Å². The molecule has 10 heteroatoms. The standard InChI is InChI=1S/C19H13F3N2.C2HF3O2/c20-13-3-1-11(2-4-13)18-17(12-5-10(6-12)9-23)15-7-14(21)8-16(22)19(15)24-18;3-2(4,5)1(6)7/h1-4,7-8,10,12,24H,5-6H2;(H,6,7). The van der Waals surface area contributed by atoms with Gasteiger partial charge < -0.3 is 10.1 Å². The topological polar surface area (TPSA) is 76.9 Å². The molecule has 3 aromatic rings. The van der Waals surface area contributed by atoms with Crippen molar-refractivity contribution >= 4 is 16.9 Å². The summed E-state index contributed by atoms with van der Waals surface area (Å²) in [7, 11) is 0. The number of H-pyrrole nitrogens is 1. The first kappa shape index (κ1) is 22.2. The van der Waals surface area contributed by atoms with Gasteiger partial charge in [-0.3, -0.25) is 0 Å². The van der Waals surface area contributed by atoms with E-state index in [1.165, 1.54) is 18.2 Å². The summed E-state index contributed by atoms with van der Waals surface area (Å²) in [5.41, 5.74) is 2.42. The van der Waals surface area contributed by atoms with Gasteiger partial charge in [0.1, 0.15) is 17.5 Å². The molecule has 1 saturated carbocycles. The van der Waals surface area contributed by atoms with E-state index in [-0.39, 0.29) is 23.2 Å². The first-order valence-electron chi connectivity index (χ1n) is 8.97. The second-order valence-electron chi connectivity index (χ2n) is 7.03. The van der Waals surface area contributed by atoms with Crippen LogP contribution in [0.5, 0.6) is 0 Å². The van der Waals surface area contributed by atoms with Gasteiger partial charge in [0.2, 0.25) is 0 Å². The summed E-state index contributed by atoms with van der Waals surface area (Å²) in [5.74, 6) is -4.38. The molecule has 0 aliphatic heterocycles. The number of carbonyl (C=O) groups is 1. The van der Waals surface area contributed by atoms with E-state index in [4.69, 9.17) is 15.2 Å². The summed E-state index contributed by atoms with van der Waals surface area (Å²) in [6.45, 7) is 0. The van der Waals surface area contributed by atoms with Crippen LogP contribution in [0.4, 0.5) is 26.3 Å². The lowest BCUT2D eigenvalue weighted by atomic mass is 9.71. The first-order chi connectivity index (χ1) is 14.5. The highest BCUT2D eigenvalue weighted by molar-refractivity contribution is 5.92. The number of nitrogens with one attached hydrogen (secondary N) is 1. The predicted molar refractivity (Wildman–Crippen MR) is 98.4 cm³/mol. The number of aromatic nitrogens is 1. The molecule has 0 unspecified atom stereocenters. The molecule has 0 amide bonds. The van der Waals surface area contributed by atoms with Crippen LogP contribution in [-0.4, -0.2) is 22.2 Å². The zero-order valence-electron chi connectivity index (χ0n) is 15.6. The summed E-state index contributed by atoms with van der Waals surface area (Å²) in [6, 6.07) is 10.3. The number of rotatable bonds is 2. The van der Waals surface area contributed by atoms with Crippen molar-refractivity contribution in [3.8, 4) is 17.3 Å². The number of aromatic amines is 1. The van der Waals surface area contributed by atoms with Crippen LogP contribution in [-0.2, 0) is 4.79 Å².